The number of carbonyl (C=O) groups is 1. The molecule has 19 heavy (non-hydrogen) atoms. The Morgan fingerprint density at radius 1 is 1.63 bits per heavy atom. The highest BCUT2D eigenvalue weighted by atomic mass is 16.5. The molecule has 1 aliphatic heterocycles. The zero-order valence-electron chi connectivity index (χ0n) is 11.0. The Hall–Kier alpha value is -1.89. The number of anilines is 1. The van der Waals surface area contributed by atoms with E-state index in [4.69, 9.17) is 9.47 Å². The minimum Gasteiger partial charge on any atom is -0.480 e. The van der Waals surface area contributed by atoms with Crippen molar-refractivity contribution >= 4 is 11.8 Å². The van der Waals surface area contributed by atoms with E-state index in [0.29, 0.717) is 31.5 Å². The molecule has 7 heteroatoms. The Labute approximate surface area is 111 Å². The number of carboxylic acid groups (broad SMARTS) is 1. The molecular weight excluding hydrogens is 250 g/mol. The van der Waals surface area contributed by atoms with Gasteiger partial charge in [-0.15, -0.1) is 0 Å². The zero-order valence-corrected chi connectivity index (χ0v) is 11.0. The molecule has 7 nitrogen and oxygen atoms in total. The second-order valence-electron chi connectivity index (χ2n) is 4.18. The number of rotatable bonds is 4. The van der Waals surface area contributed by atoms with Gasteiger partial charge in [0.2, 0.25) is 5.88 Å². The second-order valence-corrected chi connectivity index (χ2v) is 4.18. The largest absolute Gasteiger partial charge is 0.480 e. The molecule has 0 aliphatic carbocycles. The lowest BCUT2D eigenvalue weighted by Crippen LogP contribution is -2.50. The number of morpholine rings is 1. The maximum absolute atomic E-state index is 11.3. The molecule has 0 amide bonds. The molecule has 1 fully saturated rings. The fourth-order valence-electron chi connectivity index (χ4n) is 2.06. The standard InChI is InChI=1S/C12H17N3O4/c1-3-19-11-8(2)10(13-7-14-11)15-4-5-18-6-9(15)12(16)17/h7,9H,3-6H2,1-2H3,(H,16,17). The Morgan fingerprint density at radius 3 is 3.11 bits per heavy atom. The predicted octanol–water partition coefficient (Wildman–Crippen LogP) is 0.474. The number of ether oxygens (including phenoxy) is 2. The van der Waals surface area contributed by atoms with Crippen molar-refractivity contribution in [3.05, 3.63) is 11.9 Å². The summed E-state index contributed by atoms with van der Waals surface area (Å²) in [5.74, 6) is 0.160. The van der Waals surface area contributed by atoms with Crippen molar-refractivity contribution in [1.29, 1.82) is 0 Å². The maximum Gasteiger partial charge on any atom is 0.328 e. The lowest BCUT2D eigenvalue weighted by atomic mass is 10.2. The molecule has 0 saturated carbocycles. The van der Waals surface area contributed by atoms with Crippen LogP contribution in [0.4, 0.5) is 5.82 Å². The summed E-state index contributed by atoms with van der Waals surface area (Å²) in [6.45, 7) is 5.33. The number of aromatic nitrogens is 2. The Balaban J connectivity index is 2.33. The van der Waals surface area contributed by atoms with Crippen molar-refractivity contribution in [2.24, 2.45) is 0 Å². The van der Waals surface area contributed by atoms with Crippen LogP contribution in [0.5, 0.6) is 5.88 Å². The summed E-state index contributed by atoms with van der Waals surface area (Å²) in [7, 11) is 0. The number of nitrogens with zero attached hydrogens (tertiary/aromatic N) is 3. The van der Waals surface area contributed by atoms with Gasteiger partial charge in [-0.1, -0.05) is 0 Å². The molecule has 104 valence electrons. The van der Waals surface area contributed by atoms with E-state index in [2.05, 4.69) is 9.97 Å². The molecule has 1 N–H and O–H groups in total. The third kappa shape index (κ3) is 2.76. The predicted molar refractivity (Wildman–Crippen MR) is 67.5 cm³/mol. The molecule has 2 rings (SSSR count). The molecule has 1 aromatic rings. The van der Waals surface area contributed by atoms with Crippen LogP contribution in [0.15, 0.2) is 6.33 Å². The minimum atomic E-state index is -0.921. The van der Waals surface area contributed by atoms with E-state index in [1.807, 2.05) is 13.8 Å². The number of aliphatic carboxylic acids is 1. The van der Waals surface area contributed by atoms with Gasteiger partial charge in [0.15, 0.2) is 6.04 Å². The first-order valence-corrected chi connectivity index (χ1v) is 6.16. The summed E-state index contributed by atoms with van der Waals surface area (Å²) in [5, 5.41) is 9.24. The highest BCUT2D eigenvalue weighted by Crippen LogP contribution is 2.26. The topological polar surface area (TPSA) is 84.8 Å². The normalized spacial score (nSPS) is 19.3. The Kier molecular flexibility index (Phi) is 4.16. The van der Waals surface area contributed by atoms with Crippen LogP contribution >= 0.6 is 0 Å². The minimum absolute atomic E-state index is 0.156. The van der Waals surface area contributed by atoms with Gasteiger partial charge in [0.05, 0.1) is 25.4 Å². The average Bonchev–Trinajstić information content (AvgIpc) is 2.41. The summed E-state index contributed by atoms with van der Waals surface area (Å²) < 4.78 is 10.6. The monoisotopic (exact) mass is 267 g/mol. The van der Waals surface area contributed by atoms with E-state index in [9.17, 15) is 9.90 Å². The molecule has 0 bridgehead atoms. The highest BCUT2D eigenvalue weighted by molar-refractivity contribution is 5.78. The van der Waals surface area contributed by atoms with Crippen molar-refractivity contribution in [3.63, 3.8) is 0 Å². The van der Waals surface area contributed by atoms with Crippen molar-refractivity contribution in [3.8, 4) is 5.88 Å². The van der Waals surface area contributed by atoms with E-state index in [0.717, 1.165) is 5.56 Å². The molecule has 1 unspecified atom stereocenters. The molecule has 2 heterocycles. The first-order chi connectivity index (χ1) is 9.15. The SMILES string of the molecule is CCOc1ncnc(N2CCOCC2C(=O)O)c1C. The molecule has 1 aliphatic rings. The summed E-state index contributed by atoms with van der Waals surface area (Å²) >= 11 is 0. The van der Waals surface area contributed by atoms with Crippen LogP contribution in [0.3, 0.4) is 0 Å². The van der Waals surface area contributed by atoms with Crippen molar-refractivity contribution in [2.45, 2.75) is 19.9 Å². The van der Waals surface area contributed by atoms with Crippen LogP contribution < -0.4 is 9.64 Å². The van der Waals surface area contributed by atoms with Gasteiger partial charge in [0, 0.05) is 6.54 Å². The number of carboxylic acids is 1. The van der Waals surface area contributed by atoms with Gasteiger partial charge in [-0.25, -0.2) is 14.8 Å². The van der Waals surface area contributed by atoms with Crippen LogP contribution in [0, 0.1) is 6.92 Å². The smallest absolute Gasteiger partial charge is 0.328 e. The highest BCUT2D eigenvalue weighted by Gasteiger charge is 2.31. The fraction of sp³-hybridized carbons (Fsp3) is 0.583. The van der Waals surface area contributed by atoms with Crippen LogP contribution in [0.2, 0.25) is 0 Å². The van der Waals surface area contributed by atoms with E-state index in [1.54, 1.807) is 4.90 Å². The molecule has 1 saturated heterocycles. The maximum atomic E-state index is 11.3. The number of hydrogen-bond acceptors (Lipinski definition) is 6. The first-order valence-electron chi connectivity index (χ1n) is 6.16. The third-order valence-corrected chi connectivity index (χ3v) is 2.98. The molecular formula is C12H17N3O4. The summed E-state index contributed by atoms with van der Waals surface area (Å²) in [6, 6.07) is -0.725. The third-order valence-electron chi connectivity index (χ3n) is 2.98. The van der Waals surface area contributed by atoms with Crippen molar-refractivity contribution < 1.29 is 19.4 Å². The summed E-state index contributed by atoms with van der Waals surface area (Å²) in [5.41, 5.74) is 0.748. The molecule has 0 aromatic carbocycles. The van der Waals surface area contributed by atoms with Gasteiger partial charge in [0.25, 0.3) is 0 Å². The van der Waals surface area contributed by atoms with Gasteiger partial charge in [-0.2, -0.15) is 0 Å². The van der Waals surface area contributed by atoms with E-state index in [1.165, 1.54) is 6.33 Å². The quantitative estimate of drug-likeness (QED) is 0.848. The van der Waals surface area contributed by atoms with Gasteiger partial charge >= 0.3 is 5.97 Å². The first kappa shape index (κ1) is 13.5. The fourth-order valence-corrected chi connectivity index (χ4v) is 2.06. The van der Waals surface area contributed by atoms with Crippen LogP contribution in [0.1, 0.15) is 12.5 Å². The van der Waals surface area contributed by atoms with E-state index < -0.39 is 12.0 Å². The zero-order chi connectivity index (χ0) is 13.8. The molecule has 0 radical (unpaired) electrons. The number of hydrogen-bond donors (Lipinski definition) is 1. The Morgan fingerprint density at radius 2 is 2.42 bits per heavy atom. The van der Waals surface area contributed by atoms with Crippen LogP contribution in [-0.2, 0) is 9.53 Å². The van der Waals surface area contributed by atoms with Crippen LogP contribution in [-0.4, -0.2) is 53.5 Å². The second kappa shape index (κ2) is 5.83. The van der Waals surface area contributed by atoms with Crippen molar-refractivity contribution in [2.75, 3.05) is 31.3 Å². The lowest BCUT2D eigenvalue weighted by molar-refractivity contribution is -0.141. The van der Waals surface area contributed by atoms with E-state index in [-0.39, 0.29) is 6.61 Å². The van der Waals surface area contributed by atoms with Crippen LogP contribution in [0.25, 0.3) is 0 Å². The van der Waals surface area contributed by atoms with Gasteiger partial charge in [0.1, 0.15) is 12.1 Å². The molecule has 0 spiro atoms. The summed E-state index contributed by atoms with van der Waals surface area (Å²) in [6.07, 6.45) is 1.39. The van der Waals surface area contributed by atoms with Gasteiger partial charge < -0.3 is 19.5 Å². The Bertz CT molecular complexity index is 466. The van der Waals surface area contributed by atoms with Gasteiger partial charge in [-0.3, -0.25) is 0 Å². The van der Waals surface area contributed by atoms with E-state index >= 15 is 0 Å². The summed E-state index contributed by atoms with van der Waals surface area (Å²) in [4.78, 5) is 21.2. The van der Waals surface area contributed by atoms with Crippen molar-refractivity contribution in [1.82, 2.24) is 9.97 Å². The lowest BCUT2D eigenvalue weighted by Gasteiger charge is -2.34. The molecule has 1 aromatic heterocycles. The average molecular weight is 267 g/mol. The molecule has 1 atom stereocenters. The van der Waals surface area contributed by atoms with Gasteiger partial charge in [-0.05, 0) is 13.8 Å².